The minimum absolute atomic E-state index is 0.00280. The number of aldehydes is 1. The minimum atomic E-state index is -0.0636. The van der Waals surface area contributed by atoms with Crippen molar-refractivity contribution in [1.29, 1.82) is 0 Å². The third kappa shape index (κ3) is 3.01. The van der Waals surface area contributed by atoms with E-state index in [-0.39, 0.29) is 18.7 Å². The zero-order valence-corrected chi connectivity index (χ0v) is 8.14. The van der Waals surface area contributed by atoms with E-state index in [0.29, 0.717) is 6.29 Å². The molecule has 3 heteroatoms. The second-order valence-corrected chi connectivity index (χ2v) is 3.10. The summed E-state index contributed by atoms with van der Waals surface area (Å²) in [4.78, 5) is 23.1. The van der Waals surface area contributed by atoms with Gasteiger partial charge in [-0.25, -0.2) is 0 Å². The molecule has 14 heavy (non-hydrogen) atoms. The van der Waals surface area contributed by atoms with Gasteiger partial charge in [0.15, 0.2) is 5.78 Å². The largest absolute Gasteiger partial charge is 0.367 e. The van der Waals surface area contributed by atoms with Crippen LogP contribution >= 0.6 is 0 Å². The summed E-state index contributed by atoms with van der Waals surface area (Å²) in [6.07, 6.45) is 0.637. The van der Waals surface area contributed by atoms with Gasteiger partial charge in [-0.2, -0.15) is 0 Å². The average molecular weight is 191 g/mol. The molecule has 0 aliphatic rings. The fraction of sp³-hybridized carbons (Fsp3) is 0.273. The van der Waals surface area contributed by atoms with Crippen LogP contribution in [-0.4, -0.2) is 25.7 Å². The summed E-state index contributed by atoms with van der Waals surface area (Å²) in [6.45, 7) is 0.281. The van der Waals surface area contributed by atoms with Crippen molar-refractivity contribution in [1.82, 2.24) is 0 Å². The number of ketones is 1. The topological polar surface area (TPSA) is 37.4 Å². The van der Waals surface area contributed by atoms with Crippen LogP contribution in [0.5, 0.6) is 0 Å². The second-order valence-electron chi connectivity index (χ2n) is 3.10. The standard InChI is InChI=1S/C11H13NO2/c1-12(9-11(14)7-8-13)10-5-3-2-4-6-10/h2-6,8H,7,9H2,1H3. The molecule has 0 aromatic heterocycles. The molecule has 1 rings (SSSR count). The SMILES string of the molecule is CN(CC(=O)CC=O)c1ccccc1. The summed E-state index contributed by atoms with van der Waals surface area (Å²) in [7, 11) is 1.83. The highest BCUT2D eigenvalue weighted by Crippen LogP contribution is 2.10. The molecule has 0 fully saturated rings. The molecule has 0 spiro atoms. The molecular formula is C11H13NO2. The Morgan fingerprint density at radius 1 is 1.36 bits per heavy atom. The van der Waals surface area contributed by atoms with E-state index in [9.17, 15) is 9.59 Å². The number of rotatable bonds is 5. The molecule has 0 radical (unpaired) electrons. The van der Waals surface area contributed by atoms with E-state index in [2.05, 4.69) is 0 Å². The number of hydrogen-bond donors (Lipinski definition) is 0. The van der Waals surface area contributed by atoms with Crippen LogP contribution < -0.4 is 4.90 Å². The van der Waals surface area contributed by atoms with E-state index in [1.54, 1.807) is 0 Å². The van der Waals surface area contributed by atoms with Crippen LogP contribution in [0.15, 0.2) is 30.3 Å². The number of anilines is 1. The molecule has 0 bridgehead atoms. The first-order chi connectivity index (χ1) is 6.74. The van der Waals surface area contributed by atoms with Crippen LogP contribution in [0.1, 0.15) is 6.42 Å². The number of nitrogens with zero attached hydrogens (tertiary/aromatic N) is 1. The van der Waals surface area contributed by atoms with E-state index in [0.717, 1.165) is 5.69 Å². The van der Waals surface area contributed by atoms with E-state index < -0.39 is 0 Å². The van der Waals surface area contributed by atoms with E-state index >= 15 is 0 Å². The third-order valence-electron chi connectivity index (χ3n) is 1.92. The Bertz CT molecular complexity index is 308. The molecule has 0 amide bonds. The molecule has 0 aliphatic carbocycles. The van der Waals surface area contributed by atoms with Crippen LogP contribution in [0.3, 0.4) is 0 Å². The minimum Gasteiger partial charge on any atom is -0.367 e. The van der Waals surface area contributed by atoms with Crippen molar-refractivity contribution in [2.75, 3.05) is 18.5 Å². The van der Waals surface area contributed by atoms with Crippen molar-refractivity contribution in [3.8, 4) is 0 Å². The Labute approximate surface area is 83.3 Å². The molecule has 1 aromatic rings. The van der Waals surface area contributed by atoms with Crippen molar-refractivity contribution in [2.45, 2.75) is 6.42 Å². The summed E-state index contributed by atoms with van der Waals surface area (Å²) in [6, 6.07) is 9.60. The number of likely N-dealkylation sites (N-methyl/N-ethyl adjacent to an activating group) is 1. The zero-order chi connectivity index (χ0) is 10.4. The summed E-state index contributed by atoms with van der Waals surface area (Å²) in [5.41, 5.74) is 0.978. The van der Waals surface area contributed by atoms with Crippen LogP contribution in [0.2, 0.25) is 0 Å². The van der Waals surface area contributed by atoms with Crippen molar-refractivity contribution >= 4 is 17.8 Å². The third-order valence-corrected chi connectivity index (χ3v) is 1.92. The van der Waals surface area contributed by atoms with Gasteiger partial charge in [-0.05, 0) is 12.1 Å². The predicted molar refractivity (Wildman–Crippen MR) is 55.4 cm³/mol. The Morgan fingerprint density at radius 2 is 2.00 bits per heavy atom. The molecule has 0 saturated carbocycles. The second kappa shape index (κ2) is 5.17. The lowest BCUT2D eigenvalue weighted by molar-refractivity contribution is -0.121. The Balaban J connectivity index is 2.54. The molecule has 3 nitrogen and oxygen atoms in total. The normalized spacial score (nSPS) is 9.50. The summed E-state index contributed by atoms with van der Waals surface area (Å²) in [5.74, 6) is -0.0636. The van der Waals surface area contributed by atoms with Crippen molar-refractivity contribution in [3.05, 3.63) is 30.3 Å². The predicted octanol–water partition coefficient (Wildman–Crippen LogP) is 1.28. The molecule has 0 aliphatic heterocycles. The van der Waals surface area contributed by atoms with Crippen LogP contribution in [0.25, 0.3) is 0 Å². The maximum Gasteiger partial charge on any atom is 0.159 e. The molecule has 0 saturated heterocycles. The highest BCUT2D eigenvalue weighted by atomic mass is 16.1. The van der Waals surface area contributed by atoms with Crippen molar-refractivity contribution in [3.63, 3.8) is 0 Å². The molecule has 0 atom stereocenters. The van der Waals surface area contributed by atoms with Gasteiger partial charge >= 0.3 is 0 Å². The lowest BCUT2D eigenvalue weighted by atomic mass is 10.2. The number of Topliss-reactive ketones (excluding diaryl/α,β-unsaturated/α-hetero) is 1. The first-order valence-electron chi connectivity index (χ1n) is 4.45. The summed E-state index contributed by atoms with van der Waals surface area (Å²) in [5, 5.41) is 0. The number of para-hydroxylation sites is 1. The van der Waals surface area contributed by atoms with Crippen molar-refractivity contribution < 1.29 is 9.59 Å². The highest BCUT2D eigenvalue weighted by molar-refractivity contribution is 5.92. The number of hydrogen-bond acceptors (Lipinski definition) is 3. The van der Waals surface area contributed by atoms with Crippen molar-refractivity contribution in [2.24, 2.45) is 0 Å². The molecule has 74 valence electrons. The quantitative estimate of drug-likeness (QED) is 0.519. The zero-order valence-electron chi connectivity index (χ0n) is 8.14. The van der Waals surface area contributed by atoms with Gasteiger partial charge in [0.1, 0.15) is 6.29 Å². The summed E-state index contributed by atoms with van der Waals surface area (Å²) >= 11 is 0. The molecular weight excluding hydrogens is 178 g/mol. The Morgan fingerprint density at radius 3 is 2.57 bits per heavy atom. The van der Waals surface area contributed by atoms with Crippen LogP contribution in [0, 0.1) is 0 Å². The van der Waals surface area contributed by atoms with E-state index in [1.807, 2.05) is 42.3 Å². The van der Waals surface area contributed by atoms with E-state index in [4.69, 9.17) is 0 Å². The fourth-order valence-electron chi connectivity index (χ4n) is 1.20. The lowest BCUT2D eigenvalue weighted by Gasteiger charge is -2.17. The maximum atomic E-state index is 11.2. The van der Waals surface area contributed by atoms with Gasteiger partial charge in [0, 0.05) is 12.7 Å². The Hall–Kier alpha value is -1.64. The maximum absolute atomic E-state index is 11.2. The monoisotopic (exact) mass is 191 g/mol. The smallest absolute Gasteiger partial charge is 0.159 e. The lowest BCUT2D eigenvalue weighted by Crippen LogP contribution is -2.25. The van der Waals surface area contributed by atoms with Gasteiger partial charge in [-0.3, -0.25) is 4.79 Å². The molecule has 0 heterocycles. The fourth-order valence-corrected chi connectivity index (χ4v) is 1.20. The van der Waals surface area contributed by atoms with Crippen LogP contribution in [0.4, 0.5) is 5.69 Å². The first kappa shape index (κ1) is 10.4. The number of carbonyl (C=O) groups is 2. The van der Waals surface area contributed by atoms with Gasteiger partial charge < -0.3 is 9.69 Å². The number of carbonyl (C=O) groups excluding carboxylic acids is 2. The number of benzene rings is 1. The summed E-state index contributed by atoms with van der Waals surface area (Å²) < 4.78 is 0. The average Bonchev–Trinajstić information content (AvgIpc) is 2.19. The molecule has 0 unspecified atom stereocenters. The molecule has 1 aromatic carbocycles. The van der Waals surface area contributed by atoms with Gasteiger partial charge in [0.2, 0.25) is 0 Å². The van der Waals surface area contributed by atoms with Gasteiger partial charge in [-0.1, -0.05) is 18.2 Å². The first-order valence-corrected chi connectivity index (χ1v) is 4.45. The van der Waals surface area contributed by atoms with Gasteiger partial charge in [0.25, 0.3) is 0 Å². The molecule has 0 N–H and O–H groups in total. The van der Waals surface area contributed by atoms with Gasteiger partial charge in [-0.15, -0.1) is 0 Å². The van der Waals surface area contributed by atoms with Crippen LogP contribution in [-0.2, 0) is 9.59 Å². The Kier molecular flexibility index (Phi) is 3.85. The van der Waals surface area contributed by atoms with E-state index in [1.165, 1.54) is 0 Å². The van der Waals surface area contributed by atoms with Gasteiger partial charge in [0.05, 0.1) is 13.0 Å². The highest BCUT2D eigenvalue weighted by Gasteiger charge is 2.05.